The zero-order valence-electron chi connectivity index (χ0n) is 18.5. The van der Waals surface area contributed by atoms with E-state index in [1.54, 1.807) is 24.2 Å². The standard InChI is InChI=1S/C24H30N4O3S/c1-2-31-24(30)19-10-16-28(17-11-19)23(29)18-8-14-27(15-9-18)21-22(26-13-12-25-21)32-20-6-4-3-5-7-20/h3-7,12-13,18-19H,2,8-11,14-17H2,1H3. The van der Waals surface area contributed by atoms with Crippen molar-refractivity contribution in [3.63, 3.8) is 0 Å². The van der Waals surface area contributed by atoms with Gasteiger partial charge in [0.05, 0.1) is 12.5 Å². The van der Waals surface area contributed by atoms with E-state index in [-0.39, 0.29) is 23.7 Å². The minimum Gasteiger partial charge on any atom is -0.466 e. The number of hydrogen-bond acceptors (Lipinski definition) is 7. The third-order valence-corrected chi connectivity index (χ3v) is 7.16. The summed E-state index contributed by atoms with van der Waals surface area (Å²) in [6.45, 7) is 5.10. The number of anilines is 1. The molecule has 2 aliphatic heterocycles. The molecule has 1 aromatic carbocycles. The molecule has 1 amide bonds. The lowest BCUT2D eigenvalue weighted by Crippen LogP contribution is -2.46. The Labute approximate surface area is 193 Å². The summed E-state index contributed by atoms with van der Waals surface area (Å²) >= 11 is 1.62. The zero-order chi connectivity index (χ0) is 22.3. The summed E-state index contributed by atoms with van der Waals surface area (Å²) in [7, 11) is 0. The minimum absolute atomic E-state index is 0.0345. The number of carbonyl (C=O) groups excluding carboxylic acids is 2. The van der Waals surface area contributed by atoms with Gasteiger partial charge in [-0.05, 0) is 44.7 Å². The smallest absolute Gasteiger partial charge is 0.309 e. The van der Waals surface area contributed by atoms with Crippen LogP contribution in [0.4, 0.5) is 5.82 Å². The van der Waals surface area contributed by atoms with E-state index in [1.807, 2.05) is 30.0 Å². The summed E-state index contributed by atoms with van der Waals surface area (Å²) in [6, 6.07) is 10.2. The number of esters is 1. The van der Waals surface area contributed by atoms with Crippen LogP contribution in [0.1, 0.15) is 32.6 Å². The van der Waals surface area contributed by atoms with Gasteiger partial charge in [-0.3, -0.25) is 9.59 Å². The molecule has 2 saturated heterocycles. The van der Waals surface area contributed by atoms with Gasteiger partial charge in [0.25, 0.3) is 0 Å². The third-order valence-electron chi connectivity index (χ3n) is 6.17. The summed E-state index contributed by atoms with van der Waals surface area (Å²) < 4.78 is 5.13. The zero-order valence-corrected chi connectivity index (χ0v) is 19.3. The van der Waals surface area contributed by atoms with E-state index in [0.717, 1.165) is 41.7 Å². The fraction of sp³-hybridized carbons (Fsp3) is 0.500. The molecule has 3 heterocycles. The highest BCUT2D eigenvalue weighted by Gasteiger charge is 2.33. The average Bonchev–Trinajstić information content (AvgIpc) is 2.85. The van der Waals surface area contributed by atoms with Gasteiger partial charge < -0.3 is 14.5 Å². The number of ether oxygens (including phenoxy) is 1. The predicted octanol–water partition coefficient (Wildman–Crippen LogP) is 3.65. The molecule has 0 unspecified atom stereocenters. The molecule has 2 aromatic rings. The number of hydrogen-bond donors (Lipinski definition) is 0. The van der Waals surface area contributed by atoms with E-state index in [1.165, 1.54) is 0 Å². The molecule has 170 valence electrons. The summed E-state index contributed by atoms with van der Waals surface area (Å²) in [4.78, 5) is 39.5. The fourth-order valence-electron chi connectivity index (χ4n) is 4.40. The number of nitrogens with zero attached hydrogens (tertiary/aromatic N) is 4. The van der Waals surface area contributed by atoms with E-state index in [2.05, 4.69) is 27.0 Å². The van der Waals surface area contributed by atoms with Crippen LogP contribution >= 0.6 is 11.8 Å². The molecular weight excluding hydrogens is 424 g/mol. The molecule has 0 N–H and O–H groups in total. The number of aromatic nitrogens is 2. The highest BCUT2D eigenvalue weighted by atomic mass is 32.2. The SMILES string of the molecule is CCOC(=O)C1CCN(C(=O)C2CCN(c3nccnc3Sc3ccccc3)CC2)CC1. The van der Waals surface area contributed by atoms with Crippen molar-refractivity contribution in [2.45, 2.75) is 42.5 Å². The molecule has 0 radical (unpaired) electrons. The summed E-state index contributed by atoms with van der Waals surface area (Å²) in [5.41, 5.74) is 0. The van der Waals surface area contributed by atoms with E-state index in [4.69, 9.17) is 4.74 Å². The first kappa shape index (κ1) is 22.6. The monoisotopic (exact) mass is 454 g/mol. The summed E-state index contributed by atoms with van der Waals surface area (Å²) in [6.07, 6.45) is 6.47. The molecule has 2 aliphatic rings. The van der Waals surface area contributed by atoms with Gasteiger partial charge in [0.2, 0.25) is 5.91 Å². The molecule has 7 nitrogen and oxygen atoms in total. The van der Waals surface area contributed by atoms with Crippen LogP contribution in [-0.4, -0.2) is 59.5 Å². The Kier molecular flexibility index (Phi) is 7.63. The van der Waals surface area contributed by atoms with Crippen molar-refractivity contribution in [2.75, 3.05) is 37.7 Å². The normalized spacial score (nSPS) is 17.9. The van der Waals surface area contributed by atoms with Crippen LogP contribution in [-0.2, 0) is 14.3 Å². The van der Waals surface area contributed by atoms with Crippen molar-refractivity contribution in [3.05, 3.63) is 42.7 Å². The molecule has 0 saturated carbocycles. The minimum atomic E-state index is -0.124. The van der Waals surface area contributed by atoms with Gasteiger partial charge in [-0.1, -0.05) is 30.0 Å². The molecule has 32 heavy (non-hydrogen) atoms. The van der Waals surface area contributed by atoms with Crippen LogP contribution in [0.2, 0.25) is 0 Å². The molecule has 4 rings (SSSR count). The topological polar surface area (TPSA) is 75.6 Å². The maximum absolute atomic E-state index is 13.1. The number of amides is 1. The van der Waals surface area contributed by atoms with Crippen molar-refractivity contribution in [1.82, 2.24) is 14.9 Å². The highest BCUT2D eigenvalue weighted by Crippen LogP contribution is 2.34. The Morgan fingerprint density at radius 1 is 0.969 bits per heavy atom. The molecular formula is C24H30N4O3S. The van der Waals surface area contributed by atoms with Gasteiger partial charge in [-0.2, -0.15) is 0 Å². The second-order valence-electron chi connectivity index (χ2n) is 8.21. The van der Waals surface area contributed by atoms with Crippen LogP contribution in [0.3, 0.4) is 0 Å². The van der Waals surface area contributed by atoms with Crippen molar-refractivity contribution < 1.29 is 14.3 Å². The van der Waals surface area contributed by atoms with Crippen molar-refractivity contribution in [1.29, 1.82) is 0 Å². The number of carbonyl (C=O) groups is 2. The number of benzene rings is 1. The van der Waals surface area contributed by atoms with Gasteiger partial charge in [0, 0.05) is 49.4 Å². The van der Waals surface area contributed by atoms with Crippen LogP contribution in [0, 0.1) is 11.8 Å². The molecule has 1 aromatic heterocycles. The van der Waals surface area contributed by atoms with E-state index in [9.17, 15) is 9.59 Å². The first-order valence-electron chi connectivity index (χ1n) is 11.4. The Morgan fingerprint density at radius 2 is 1.62 bits per heavy atom. The summed E-state index contributed by atoms with van der Waals surface area (Å²) in [5.74, 6) is 0.957. The van der Waals surface area contributed by atoms with E-state index < -0.39 is 0 Å². The quantitative estimate of drug-likeness (QED) is 0.617. The lowest BCUT2D eigenvalue weighted by Gasteiger charge is -2.37. The molecule has 0 spiro atoms. The van der Waals surface area contributed by atoms with Gasteiger partial charge in [-0.15, -0.1) is 0 Å². The lowest BCUT2D eigenvalue weighted by molar-refractivity contribution is -0.151. The highest BCUT2D eigenvalue weighted by molar-refractivity contribution is 7.99. The average molecular weight is 455 g/mol. The Hall–Kier alpha value is -2.61. The third kappa shape index (κ3) is 5.41. The first-order chi connectivity index (χ1) is 15.7. The lowest BCUT2D eigenvalue weighted by atomic mass is 9.92. The van der Waals surface area contributed by atoms with Crippen LogP contribution < -0.4 is 4.90 Å². The van der Waals surface area contributed by atoms with Crippen molar-refractivity contribution in [3.8, 4) is 0 Å². The van der Waals surface area contributed by atoms with Gasteiger partial charge in [-0.25, -0.2) is 9.97 Å². The summed E-state index contributed by atoms with van der Waals surface area (Å²) in [5, 5.41) is 0.893. The van der Waals surface area contributed by atoms with E-state index >= 15 is 0 Å². The largest absolute Gasteiger partial charge is 0.466 e. The van der Waals surface area contributed by atoms with Gasteiger partial charge >= 0.3 is 5.97 Å². The first-order valence-corrected chi connectivity index (χ1v) is 12.2. The Bertz CT molecular complexity index is 910. The molecule has 8 heteroatoms. The maximum Gasteiger partial charge on any atom is 0.309 e. The maximum atomic E-state index is 13.1. The molecule has 2 fully saturated rings. The van der Waals surface area contributed by atoms with Crippen LogP contribution in [0.15, 0.2) is 52.6 Å². The molecule has 0 atom stereocenters. The van der Waals surface area contributed by atoms with Gasteiger partial charge in [0.15, 0.2) is 5.82 Å². The van der Waals surface area contributed by atoms with Crippen molar-refractivity contribution in [2.24, 2.45) is 11.8 Å². The second kappa shape index (κ2) is 10.8. The molecule has 0 aliphatic carbocycles. The van der Waals surface area contributed by atoms with E-state index in [0.29, 0.717) is 32.5 Å². The fourth-order valence-corrected chi connectivity index (χ4v) is 5.30. The van der Waals surface area contributed by atoms with Gasteiger partial charge in [0.1, 0.15) is 5.03 Å². The van der Waals surface area contributed by atoms with Crippen LogP contribution in [0.25, 0.3) is 0 Å². The number of rotatable bonds is 6. The van der Waals surface area contributed by atoms with Crippen molar-refractivity contribution >= 4 is 29.5 Å². The Morgan fingerprint density at radius 3 is 2.31 bits per heavy atom. The number of likely N-dealkylation sites (tertiary alicyclic amines) is 1. The molecule has 0 bridgehead atoms. The van der Waals surface area contributed by atoms with Crippen LogP contribution in [0.5, 0.6) is 0 Å². The Balaban J connectivity index is 1.31. The number of piperidine rings is 2. The predicted molar refractivity (Wildman–Crippen MR) is 123 cm³/mol. The second-order valence-corrected chi connectivity index (χ2v) is 9.28.